The van der Waals surface area contributed by atoms with E-state index in [0.29, 0.717) is 6.61 Å². The number of esters is 1. The zero-order valence-corrected chi connectivity index (χ0v) is 8.37. The van der Waals surface area contributed by atoms with E-state index in [1.807, 2.05) is 0 Å². The average Bonchev–Trinajstić information content (AvgIpc) is 2.14. The first kappa shape index (κ1) is 11.8. The lowest BCUT2D eigenvalue weighted by Crippen LogP contribution is -2.14. The van der Waals surface area contributed by atoms with Crippen molar-refractivity contribution in [1.29, 1.82) is 0 Å². The fourth-order valence-electron chi connectivity index (χ4n) is 0.685. The maximum absolute atomic E-state index is 11.2. The average molecular weight is 184 g/mol. The highest BCUT2D eigenvalue weighted by Crippen LogP contribution is 2.05. The number of hydrogen-bond acceptors (Lipinski definition) is 3. The van der Waals surface area contributed by atoms with Crippen LogP contribution in [-0.4, -0.2) is 18.7 Å². The molecule has 3 heteroatoms. The van der Waals surface area contributed by atoms with E-state index in [1.165, 1.54) is 0 Å². The van der Waals surface area contributed by atoms with Gasteiger partial charge < -0.3 is 9.47 Å². The molecule has 3 nitrogen and oxygen atoms in total. The Hall–Kier alpha value is -1.25. The van der Waals surface area contributed by atoms with E-state index in [-0.39, 0.29) is 11.9 Å². The number of carbonyl (C=O) groups excluding carboxylic acids is 1. The van der Waals surface area contributed by atoms with Gasteiger partial charge in [0.2, 0.25) is 5.76 Å². The molecule has 0 fully saturated rings. The highest BCUT2D eigenvalue weighted by atomic mass is 16.6. The van der Waals surface area contributed by atoms with Crippen LogP contribution in [0.1, 0.15) is 20.8 Å². The smallest absolute Gasteiger partial charge is 0.373 e. The van der Waals surface area contributed by atoms with Crippen LogP contribution in [-0.2, 0) is 14.3 Å². The van der Waals surface area contributed by atoms with Crippen molar-refractivity contribution in [3.8, 4) is 0 Å². The van der Waals surface area contributed by atoms with E-state index in [4.69, 9.17) is 9.47 Å². The van der Waals surface area contributed by atoms with E-state index in [0.717, 1.165) is 0 Å². The highest BCUT2D eigenvalue weighted by molar-refractivity contribution is 5.86. The predicted octanol–water partition coefficient (Wildman–Crippen LogP) is 2.04. The van der Waals surface area contributed by atoms with Gasteiger partial charge in [0.25, 0.3) is 0 Å². The van der Waals surface area contributed by atoms with Gasteiger partial charge in [0.15, 0.2) is 0 Å². The third-order valence-electron chi connectivity index (χ3n) is 1.38. The first-order valence-electron chi connectivity index (χ1n) is 4.28. The summed E-state index contributed by atoms with van der Waals surface area (Å²) in [5.41, 5.74) is 0. The summed E-state index contributed by atoms with van der Waals surface area (Å²) in [6, 6.07) is 0. The van der Waals surface area contributed by atoms with Gasteiger partial charge in [0, 0.05) is 0 Å². The zero-order valence-electron chi connectivity index (χ0n) is 8.37. The molecule has 0 N–H and O–H groups in total. The molecule has 0 aromatic rings. The minimum absolute atomic E-state index is 0.185. The Labute approximate surface area is 79.0 Å². The molecule has 0 unspecified atom stereocenters. The molecule has 0 heterocycles. The van der Waals surface area contributed by atoms with Crippen molar-refractivity contribution < 1.29 is 14.3 Å². The van der Waals surface area contributed by atoms with Crippen molar-refractivity contribution in [2.75, 3.05) is 6.61 Å². The van der Waals surface area contributed by atoms with E-state index in [9.17, 15) is 4.79 Å². The van der Waals surface area contributed by atoms with Gasteiger partial charge >= 0.3 is 5.97 Å². The fraction of sp³-hybridized carbons (Fsp3) is 0.500. The minimum Gasteiger partial charge on any atom is -0.480 e. The van der Waals surface area contributed by atoms with Crippen LogP contribution in [0.5, 0.6) is 0 Å². The molecule has 0 aliphatic rings. The quantitative estimate of drug-likeness (QED) is 0.284. The number of carbonyl (C=O) groups is 1. The molecular formula is C10H16O3. The first-order chi connectivity index (χ1) is 6.15. The Bertz CT molecular complexity index is 206. The number of allylic oxidation sites excluding steroid dienone is 1. The summed E-state index contributed by atoms with van der Waals surface area (Å²) < 4.78 is 10.0. The van der Waals surface area contributed by atoms with Crippen molar-refractivity contribution >= 4 is 5.97 Å². The molecule has 0 amide bonds. The normalized spacial score (nSPS) is 13.3. The lowest BCUT2D eigenvalue weighted by molar-refractivity contribution is -0.143. The molecule has 0 aliphatic carbocycles. The van der Waals surface area contributed by atoms with Crippen LogP contribution in [0, 0.1) is 0 Å². The lowest BCUT2D eigenvalue weighted by atomic mass is 10.4. The first-order valence-corrected chi connectivity index (χ1v) is 4.28. The van der Waals surface area contributed by atoms with Crippen LogP contribution >= 0.6 is 0 Å². The third-order valence-corrected chi connectivity index (χ3v) is 1.38. The maximum Gasteiger partial charge on any atom is 0.373 e. The monoisotopic (exact) mass is 184 g/mol. The van der Waals surface area contributed by atoms with Crippen LogP contribution in [0.2, 0.25) is 0 Å². The Kier molecular flexibility index (Phi) is 5.68. The van der Waals surface area contributed by atoms with Gasteiger partial charge in [-0.05, 0) is 26.8 Å². The Morgan fingerprint density at radius 3 is 2.62 bits per heavy atom. The molecular weight excluding hydrogens is 168 g/mol. The molecule has 74 valence electrons. The van der Waals surface area contributed by atoms with Crippen LogP contribution in [0.15, 0.2) is 24.5 Å². The molecule has 1 atom stereocenters. The summed E-state index contributed by atoms with van der Waals surface area (Å²) >= 11 is 0. The maximum atomic E-state index is 11.2. The molecule has 0 aliphatic heterocycles. The van der Waals surface area contributed by atoms with Crippen molar-refractivity contribution in [3.05, 3.63) is 24.5 Å². The number of rotatable bonds is 5. The van der Waals surface area contributed by atoms with Crippen LogP contribution in [0.4, 0.5) is 0 Å². The molecule has 0 saturated heterocycles. The minimum atomic E-state index is -0.432. The standard InChI is InChI=1S/C10H16O3/c1-5-8(4)13-9(6-2)10(11)12-7-3/h5-6,8H,1,7H2,2-4H3/b9-6-/t8-/m1/s1. The topological polar surface area (TPSA) is 35.5 Å². The molecule has 0 spiro atoms. The number of hydrogen-bond donors (Lipinski definition) is 0. The van der Waals surface area contributed by atoms with Crippen molar-refractivity contribution in [1.82, 2.24) is 0 Å². The van der Waals surface area contributed by atoms with Crippen LogP contribution in [0.3, 0.4) is 0 Å². The summed E-state index contributed by atoms with van der Waals surface area (Å²) in [5, 5.41) is 0. The fourth-order valence-corrected chi connectivity index (χ4v) is 0.685. The van der Waals surface area contributed by atoms with Gasteiger partial charge in [-0.25, -0.2) is 4.79 Å². The Balaban J connectivity index is 4.19. The summed E-state index contributed by atoms with van der Waals surface area (Å²) in [4.78, 5) is 11.2. The largest absolute Gasteiger partial charge is 0.480 e. The summed E-state index contributed by atoms with van der Waals surface area (Å²) in [6.07, 6.45) is 3.01. The van der Waals surface area contributed by atoms with E-state index in [1.54, 1.807) is 32.9 Å². The molecule has 0 saturated carbocycles. The summed E-state index contributed by atoms with van der Waals surface area (Å²) in [7, 11) is 0. The molecule has 0 bridgehead atoms. The zero-order chi connectivity index (χ0) is 10.3. The van der Waals surface area contributed by atoms with Gasteiger partial charge in [0.05, 0.1) is 6.61 Å². The molecule has 13 heavy (non-hydrogen) atoms. The second-order valence-corrected chi connectivity index (χ2v) is 2.43. The second kappa shape index (κ2) is 6.29. The van der Waals surface area contributed by atoms with Gasteiger partial charge in [-0.15, -0.1) is 0 Å². The highest BCUT2D eigenvalue weighted by Gasteiger charge is 2.12. The van der Waals surface area contributed by atoms with Gasteiger partial charge in [0.1, 0.15) is 6.10 Å². The Morgan fingerprint density at radius 1 is 1.62 bits per heavy atom. The van der Waals surface area contributed by atoms with Crippen LogP contribution < -0.4 is 0 Å². The lowest BCUT2D eigenvalue weighted by Gasteiger charge is -2.12. The Morgan fingerprint density at radius 2 is 2.23 bits per heavy atom. The predicted molar refractivity (Wildman–Crippen MR) is 51.1 cm³/mol. The van der Waals surface area contributed by atoms with Crippen molar-refractivity contribution in [3.63, 3.8) is 0 Å². The van der Waals surface area contributed by atoms with Crippen molar-refractivity contribution in [2.24, 2.45) is 0 Å². The molecule has 0 aromatic heterocycles. The van der Waals surface area contributed by atoms with Crippen LogP contribution in [0.25, 0.3) is 0 Å². The number of ether oxygens (including phenoxy) is 2. The van der Waals surface area contributed by atoms with E-state index < -0.39 is 5.97 Å². The van der Waals surface area contributed by atoms with Gasteiger partial charge in [-0.2, -0.15) is 0 Å². The van der Waals surface area contributed by atoms with E-state index >= 15 is 0 Å². The van der Waals surface area contributed by atoms with Crippen molar-refractivity contribution in [2.45, 2.75) is 26.9 Å². The van der Waals surface area contributed by atoms with E-state index in [2.05, 4.69) is 6.58 Å². The van der Waals surface area contributed by atoms with Gasteiger partial charge in [-0.3, -0.25) is 0 Å². The summed E-state index contributed by atoms with van der Waals surface area (Å²) in [6.45, 7) is 9.18. The van der Waals surface area contributed by atoms with Gasteiger partial charge in [-0.1, -0.05) is 12.7 Å². The molecule has 0 rings (SSSR count). The molecule has 0 radical (unpaired) electrons. The summed E-state index contributed by atoms with van der Waals surface area (Å²) in [5.74, 6) is -0.201. The SMILES string of the molecule is C=C[C@@H](C)O/C(=C\C)C(=O)OCC. The molecule has 0 aromatic carbocycles. The second-order valence-electron chi connectivity index (χ2n) is 2.43. The third kappa shape index (κ3) is 4.35.